The molecule has 0 unspecified atom stereocenters. The second-order valence-corrected chi connectivity index (χ2v) is 7.25. The molecule has 0 spiro atoms. The van der Waals surface area contributed by atoms with Gasteiger partial charge in [-0.1, -0.05) is 18.2 Å². The van der Waals surface area contributed by atoms with E-state index in [0.29, 0.717) is 11.5 Å². The van der Waals surface area contributed by atoms with Gasteiger partial charge in [-0.15, -0.1) is 0 Å². The Balaban J connectivity index is 1.81. The molecule has 5 nitrogen and oxygen atoms in total. The van der Waals surface area contributed by atoms with Gasteiger partial charge in [0.25, 0.3) is 0 Å². The van der Waals surface area contributed by atoms with Gasteiger partial charge in [-0.2, -0.15) is 5.10 Å². The van der Waals surface area contributed by atoms with Gasteiger partial charge in [0.1, 0.15) is 17.1 Å². The smallest absolute Gasteiger partial charge is 0.191 e. The number of ether oxygens (including phenoxy) is 2. The molecule has 6 heteroatoms. The third-order valence-electron chi connectivity index (χ3n) is 4.16. The first-order valence-corrected chi connectivity index (χ1v) is 8.85. The van der Waals surface area contributed by atoms with Crippen LogP contribution < -0.4 is 20.2 Å². The Hall–Kier alpha value is -2.60. The molecule has 1 aliphatic heterocycles. The summed E-state index contributed by atoms with van der Waals surface area (Å²) in [6, 6.07) is 13.7. The molecule has 1 heterocycles. The maximum absolute atomic E-state index is 6.05. The standard InChI is InChI=1S/C20H23N3O2S/c1-13-7-5-6-8-16(13)21-19(26)23-22-17-12-20(2,3)25-18-10-9-14(24-4)11-15(17)18/h5-11H,12H2,1-4H3,(H2,21,23,26)/b22-17+. The lowest BCUT2D eigenvalue weighted by atomic mass is 9.92. The molecule has 0 saturated heterocycles. The molecule has 3 rings (SSSR count). The molecule has 0 fully saturated rings. The summed E-state index contributed by atoms with van der Waals surface area (Å²) in [6.45, 7) is 6.11. The summed E-state index contributed by atoms with van der Waals surface area (Å²) in [6.07, 6.45) is 0.660. The second-order valence-electron chi connectivity index (χ2n) is 6.84. The highest BCUT2D eigenvalue weighted by Crippen LogP contribution is 2.35. The van der Waals surface area contributed by atoms with E-state index in [0.717, 1.165) is 34.0 Å². The van der Waals surface area contributed by atoms with Crippen molar-refractivity contribution in [1.82, 2.24) is 5.43 Å². The van der Waals surface area contributed by atoms with E-state index in [-0.39, 0.29) is 5.60 Å². The number of benzene rings is 2. The maximum Gasteiger partial charge on any atom is 0.191 e. The van der Waals surface area contributed by atoms with Crippen molar-refractivity contribution in [2.75, 3.05) is 12.4 Å². The number of methoxy groups -OCH3 is 1. The van der Waals surface area contributed by atoms with Crippen LogP contribution >= 0.6 is 12.2 Å². The van der Waals surface area contributed by atoms with E-state index in [1.54, 1.807) is 7.11 Å². The minimum absolute atomic E-state index is 0.340. The summed E-state index contributed by atoms with van der Waals surface area (Å²) < 4.78 is 11.4. The summed E-state index contributed by atoms with van der Waals surface area (Å²) in [5, 5.41) is 8.17. The molecular formula is C20H23N3O2S. The molecule has 0 radical (unpaired) electrons. The molecule has 0 atom stereocenters. The summed E-state index contributed by atoms with van der Waals surface area (Å²) in [4.78, 5) is 0. The summed E-state index contributed by atoms with van der Waals surface area (Å²) >= 11 is 5.38. The van der Waals surface area contributed by atoms with Gasteiger partial charge in [-0.3, -0.25) is 5.43 Å². The van der Waals surface area contributed by atoms with Crippen LogP contribution in [-0.2, 0) is 0 Å². The number of hydrogen-bond donors (Lipinski definition) is 2. The Bertz CT molecular complexity index is 862. The summed E-state index contributed by atoms with van der Waals surface area (Å²) in [5.41, 5.74) is 6.48. The number of nitrogens with zero attached hydrogens (tertiary/aromatic N) is 1. The molecule has 0 aliphatic carbocycles. The number of anilines is 1. The molecule has 0 amide bonds. The predicted molar refractivity (Wildman–Crippen MR) is 109 cm³/mol. The van der Waals surface area contributed by atoms with Crippen LogP contribution in [0.25, 0.3) is 0 Å². The maximum atomic E-state index is 6.05. The Morgan fingerprint density at radius 1 is 1.23 bits per heavy atom. The molecule has 2 aromatic carbocycles. The van der Waals surface area contributed by atoms with Crippen molar-refractivity contribution in [3.8, 4) is 11.5 Å². The molecular weight excluding hydrogens is 346 g/mol. The van der Waals surface area contributed by atoms with Crippen LogP contribution in [0.3, 0.4) is 0 Å². The van der Waals surface area contributed by atoms with Crippen LogP contribution in [-0.4, -0.2) is 23.5 Å². The SMILES string of the molecule is COc1ccc2c(c1)/C(=N/NC(=S)Nc1ccccc1C)CC(C)(C)O2. The van der Waals surface area contributed by atoms with Gasteiger partial charge in [0.2, 0.25) is 0 Å². The average molecular weight is 369 g/mol. The highest BCUT2D eigenvalue weighted by molar-refractivity contribution is 7.80. The van der Waals surface area contributed by atoms with Crippen molar-refractivity contribution in [2.24, 2.45) is 5.10 Å². The normalized spacial score (nSPS) is 16.4. The third kappa shape index (κ3) is 4.14. The number of rotatable bonds is 3. The molecule has 2 N–H and O–H groups in total. The van der Waals surface area contributed by atoms with Crippen LogP contribution in [0.1, 0.15) is 31.4 Å². The van der Waals surface area contributed by atoms with Crippen LogP contribution in [0, 0.1) is 6.92 Å². The number of thiocarbonyl (C=S) groups is 1. The van der Waals surface area contributed by atoms with Crippen molar-refractivity contribution < 1.29 is 9.47 Å². The Labute approximate surface area is 159 Å². The zero-order chi connectivity index (χ0) is 18.7. The van der Waals surface area contributed by atoms with E-state index in [2.05, 4.69) is 15.8 Å². The van der Waals surface area contributed by atoms with Gasteiger partial charge in [-0.05, 0) is 62.8 Å². The number of nitrogens with one attached hydrogen (secondary N) is 2. The van der Waals surface area contributed by atoms with Crippen molar-refractivity contribution >= 4 is 28.7 Å². The lowest BCUT2D eigenvalue weighted by Crippen LogP contribution is -2.37. The van der Waals surface area contributed by atoms with Crippen molar-refractivity contribution in [3.63, 3.8) is 0 Å². The van der Waals surface area contributed by atoms with Crippen molar-refractivity contribution in [3.05, 3.63) is 53.6 Å². The van der Waals surface area contributed by atoms with Crippen LogP contribution in [0.15, 0.2) is 47.6 Å². The van der Waals surface area contributed by atoms with Crippen LogP contribution in [0.2, 0.25) is 0 Å². The second kappa shape index (κ2) is 7.33. The van der Waals surface area contributed by atoms with Gasteiger partial charge in [0.05, 0.1) is 12.8 Å². The fourth-order valence-corrected chi connectivity index (χ4v) is 3.02. The molecule has 0 aromatic heterocycles. The van der Waals surface area contributed by atoms with Gasteiger partial charge in [0, 0.05) is 17.7 Å². The molecule has 2 aromatic rings. The lowest BCUT2D eigenvalue weighted by molar-refractivity contribution is 0.111. The topological polar surface area (TPSA) is 54.9 Å². The van der Waals surface area contributed by atoms with E-state index >= 15 is 0 Å². The Kier molecular flexibility index (Phi) is 5.13. The minimum Gasteiger partial charge on any atom is -0.497 e. The molecule has 26 heavy (non-hydrogen) atoms. The van der Waals surface area contributed by atoms with E-state index in [4.69, 9.17) is 21.7 Å². The highest BCUT2D eigenvalue weighted by atomic mass is 32.1. The van der Waals surface area contributed by atoms with Crippen molar-refractivity contribution in [1.29, 1.82) is 0 Å². The first kappa shape index (κ1) is 18.2. The lowest BCUT2D eigenvalue weighted by Gasteiger charge is -2.33. The first-order valence-electron chi connectivity index (χ1n) is 8.44. The highest BCUT2D eigenvalue weighted by Gasteiger charge is 2.31. The summed E-state index contributed by atoms with van der Waals surface area (Å²) in [7, 11) is 1.64. The molecule has 0 bridgehead atoms. The van der Waals surface area contributed by atoms with Crippen LogP contribution in [0.5, 0.6) is 11.5 Å². The Morgan fingerprint density at radius 2 is 2.00 bits per heavy atom. The third-order valence-corrected chi connectivity index (χ3v) is 4.36. The van der Waals surface area contributed by atoms with E-state index in [1.807, 2.05) is 63.2 Å². The summed E-state index contributed by atoms with van der Waals surface area (Å²) in [5.74, 6) is 1.56. The van der Waals surface area contributed by atoms with Gasteiger partial charge >= 0.3 is 0 Å². The van der Waals surface area contributed by atoms with Crippen LogP contribution in [0.4, 0.5) is 5.69 Å². The van der Waals surface area contributed by atoms with Gasteiger partial charge in [0.15, 0.2) is 5.11 Å². The largest absolute Gasteiger partial charge is 0.497 e. The molecule has 0 saturated carbocycles. The number of hydrogen-bond acceptors (Lipinski definition) is 4. The van der Waals surface area contributed by atoms with Gasteiger partial charge < -0.3 is 14.8 Å². The van der Waals surface area contributed by atoms with E-state index in [1.165, 1.54) is 0 Å². The molecule has 1 aliphatic rings. The quantitative estimate of drug-likeness (QED) is 0.626. The van der Waals surface area contributed by atoms with Crippen molar-refractivity contribution in [2.45, 2.75) is 32.8 Å². The zero-order valence-corrected chi connectivity index (χ0v) is 16.2. The monoisotopic (exact) mass is 369 g/mol. The fraction of sp³-hybridized carbons (Fsp3) is 0.300. The average Bonchev–Trinajstić information content (AvgIpc) is 2.60. The zero-order valence-electron chi connectivity index (χ0n) is 15.4. The molecule has 136 valence electrons. The Morgan fingerprint density at radius 3 is 2.73 bits per heavy atom. The van der Waals surface area contributed by atoms with E-state index < -0.39 is 0 Å². The fourth-order valence-electron chi connectivity index (χ4n) is 2.86. The number of hydrazone groups is 1. The number of para-hydroxylation sites is 1. The predicted octanol–water partition coefficient (Wildman–Crippen LogP) is 4.26. The van der Waals surface area contributed by atoms with Gasteiger partial charge in [-0.25, -0.2) is 0 Å². The van der Waals surface area contributed by atoms with E-state index in [9.17, 15) is 0 Å². The number of aryl methyl sites for hydroxylation is 1. The minimum atomic E-state index is -0.340. The number of fused-ring (bicyclic) bond motifs is 1. The first-order chi connectivity index (χ1) is 12.4.